The van der Waals surface area contributed by atoms with Crippen molar-refractivity contribution in [2.45, 2.75) is 6.54 Å². The molecule has 1 heterocycles. The summed E-state index contributed by atoms with van der Waals surface area (Å²) in [7, 11) is 1.69. The van der Waals surface area contributed by atoms with E-state index in [4.69, 9.17) is 4.74 Å². The van der Waals surface area contributed by atoms with Crippen LogP contribution in [-0.2, 0) is 6.54 Å². The van der Waals surface area contributed by atoms with E-state index in [1.807, 2.05) is 47.1 Å². The van der Waals surface area contributed by atoms with E-state index in [9.17, 15) is 0 Å². The van der Waals surface area contributed by atoms with Crippen LogP contribution in [0.1, 0.15) is 5.56 Å². The monoisotopic (exact) mass is 238 g/mol. The molecule has 0 aliphatic carbocycles. The molecule has 3 nitrogen and oxygen atoms in total. The van der Waals surface area contributed by atoms with E-state index in [1.165, 1.54) is 5.56 Å². The van der Waals surface area contributed by atoms with Crippen molar-refractivity contribution in [2.24, 2.45) is 0 Å². The smallest absolute Gasteiger partial charge is 0.219 e. The quantitative estimate of drug-likeness (QED) is 0.701. The third-order valence-electron chi connectivity index (χ3n) is 2.97. The second-order valence-corrected chi connectivity index (χ2v) is 4.17. The first-order valence-corrected chi connectivity index (χ1v) is 5.92. The highest BCUT2D eigenvalue weighted by Gasteiger charge is 2.10. The number of benzene rings is 2. The lowest BCUT2D eigenvalue weighted by Crippen LogP contribution is -2.03. The molecular formula is C15H14N2O. The maximum atomic E-state index is 5.47. The Balaban J connectivity index is 2.06. The molecule has 0 fully saturated rings. The van der Waals surface area contributed by atoms with Crippen LogP contribution in [0.5, 0.6) is 5.88 Å². The molecule has 0 radical (unpaired) electrons. The summed E-state index contributed by atoms with van der Waals surface area (Å²) >= 11 is 0. The van der Waals surface area contributed by atoms with E-state index in [2.05, 4.69) is 17.2 Å². The molecule has 18 heavy (non-hydrogen) atoms. The first kappa shape index (κ1) is 10.8. The molecule has 0 atom stereocenters. The van der Waals surface area contributed by atoms with Crippen LogP contribution in [0.4, 0.5) is 0 Å². The molecule has 3 rings (SSSR count). The molecule has 3 heteroatoms. The van der Waals surface area contributed by atoms with E-state index in [-0.39, 0.29) is 0 Å². The van der Waals surface area contributed by atoms with Gasteiger partial charge in [0.25, 0.3) is 0 Å². The van der Waals surface area contributed by atoms with Crippen molar-refractivity contribution < 1.29 is 4.74 Å². The highest BCUT2D eigenvalue weighted by atomic mass is 16.5. The van der Waals surface area contributed by atoms with E-state index in [0.717, 1.165) is 23.3 Å². The topological polar surface area (TPSA) is 27.1 Å². The third kappa shape index (κ3) is 1.84. The van der Waals surface area contributed by atoms with Crippen LogP contribution in [0, 0.1) is 0 Å². The molecule has 0 N–H and O–H groups in total. The Morgan fingerprint density at radius 3 is 2.50 bits per heavy atom. The molecule has 90 valence electrons. The van der Waals surface area contributed by atoms with Gasteiger partial charge in [-0.15, -0.1) is 0 Å². The van der Waals surface area contributed by atoms with E-state index in [1.54, 1.807) is 7.11 Å². The second-order valence-electron chi connectivity index (χ2n) is 4.17. The van der Waals surface area contributed by atoms with E-state index >= 15 is 0 Å². The summed E-state index contributed by atoms with van der Waals surface area (Å²) in [5.74, 6) is 0.814. The molecule has 0 spiro atoms. The van der Waals surface area contributed by atoms with Crippen molar-refractivity contribution >= 4 is 10.9 Å². The molecule has 1 aromatic heterocycles. The molecular weight excluding hydrogens is 224 g/mol. The van der Waals surface area contributed by atoms with Crippen LogP contribution in [0.25, 0.3) is 10.9 Å². The van der Waals surface area contributed by atoms with Gasteiger partial charge >= 0.3 is 0 Å². The van der Waals surface area contributed by atoms with Crippen LogP contribution < -0.4 is 4.74 Å². The number of aromatic nitrogens is 2. The Morgan fingerprint density at radius 2 is 1.72 bits per heavy atom. The zero-order valence-electron chi connectivity index (χ0n) is 10.2. The third-order valence-corrected chi connectivity index (χ3v) is 2.97. The summed E-state index contributed by atoms with van der Waals surface area (Å²) in [6, 6.07) is 18.3. The maximum absolute atomic E-state index is 5.47. The summed E-state index contributed by atoms with van der Waals surface area (Å²) in [4.78, 5) is 0. The number of rotatable bonds is 3. The fourth-order valence-electron chi connectivity index (χ4n) is 2.14. The molecule has 0 unspecified atom stereocenters. The van der Waals surface area contributed by atoms with Crippen molar-refractivity contribution in [1.82, 2.24) is 9.78 Å². The van der Waals surface area contributed by atoms with Gasteiger partial charge in [-0.1, -0.05) is 42.5 Å². The molecule has 0 saturated heterocycles. The second kappa shape index (κ2) is 4.53. The standard InChI is InChI=1S/C15H14N2O/c1-18-15-13-9-5-6-10-14(13)16-17(15)11-12-7-3-2-4-8-12/h2-10H,11H2,1H3. The minimum absolute atomic E-state index is 0.721. The Morgan fingerprint density at radius 1 is 1.00 bits per heavy atom. The summed E-state index contributed by atoms with van der Waals surface area (Å²) in [5.41, 5.74) is 2.17. The number of hydrogen-bond acceptors (Lipinski definition) is 2. The summed E-state index contributed by atoms with van der Waals surface area (Å²) < 4.78 is 7.37. The first-order valence-electron chi connectivity index (χ1n) is 5.92. The summed E-state index contributed by atoms with van der Waals surface area (Å²) in [6.07, 6.45) is 0. The fourth-order valence-corrected chi connectivity index (χ4v) is 2.14. The van der Waals surface area contributed by atoms with Gasteiger partial charge in [0.15, 0.2) is 0 Å². The highest BCUT2D eigenvalue weighted by Crippen LogP contribution is 2.25. The average Bonchev–Trinajstić information content (AvgIpc) is 2.77. The number of fused-ring (bicyclic) bond motifs is 1. The minimum atomic E-state index is 0.721. The van der Waals surface area contributed by atoms with Crippen molar-refractivity contribution in [3.8, 4) is 5.88 Å². The van der Waals surface area contributed by atoms with Gasteiger partial charge in [-0.2, -0.15) is 5.10 Å². The van der Waals surface area contributed by atoms with Gasteiger partial charge in [-0.3, -0.25) is 0 Å². The lowest BCUT2D eigenvalue weighted by molar-refractivity contribution is 0.371. The van der Waals surface area contributed by atoms with Gasteiger partial charge in [0.1, 0.15) is 0 Å². The largest absolute Gasteiger partial charge is 0.481 e. The highest BCUT2D eigenvalue weighted by molar-refractivity contribution is 5.84. The molecule has 0 bridgehead atoms. The summed E-state index contributed by atoms with van der Waals surface area (Å²) in [6.45, 7) is 0.721. The number of nitrogens with zero attached hydrogens (tertiary/aromatic N) is 2. The first-order chi connectivity index (χ1) is 8.88. The van der Waals surface area contributed by atoms with Crippen molar-refractivity contribution in [2.75, 3.05) is 7.11 Å². The Hall–Kier alpha value is -2.29. The van der Waals surface area contributed by atoms with Gasteiger partial charge in [0, 0.05) is 0 Å². The fraction of sp³-hybridized carbons (Fsp3) is 0.133. The molecule has 2 aromatic carbocycles. The SMILES string of the molecule is COc1c2ccccc2nn1Cc1ccccc1. The lowest BCUT2D eigenvalue weighted by atomic mass is 10.2. The van der Waals surface area contributed by atoms with Crippen LogP contribution in [0.3, 0.4) is 0 Å². The molecule has 0 saturated carbocycles. The van der Waals surface area contributed by atoms with Gasteiger partial charge in [-0.05, 0) is 17.7 Å². The lowest BCUT2D eigenvalue weighted by Gasteiger charge is -2.06. The van der Waals surface area contributed by atoms with Crippen LogP contribution >= 0.6 is 0 Å². The van der Waals surface area contributed by atoms with Gasteiger partial charge < -0.3 is 4.74 Å². The zero-order chi connectivity index (χ0) is 12.4. The maximum Gasteiger partial charge on any atom is 0.219 e. The Bertz CT molecular complexity index is 659. The zero-order valence-corrected chi connectivity index (χ0v) is 10.2. The Labute approximate surface area is 106 Å². The molecule has 0 amide bonds. The van der Waals surface area contributed by atoms with E-state index in [0.29, 0.717) is 0 Å². The van der Waals surface area contributed by atoms with Crippen LogP contribution in [0.2, 0.25) is 0 Å². The Kier molecular flexibility index (Phi) is 2.73. The van der Waals surface area contributed by atoms with Crippen LogP contribution in [0.15, 0.2) is 54.6 Å². The van der Waals surface area contributed by atoms with Gasteiger partial charge in [0.2, 0.25) is 5.88 Å². The minimum Gasteiger partial charge on any atom is -0.481 e. The van der Waals surface area contributed by atoms with Gasteiger partial charge in [-0.25, -0.2) is 4.68 Å². The molecule has 0 aliphatic heterocycles. The normalized spacial score (nSPS) is 10.7. The number of methoxy groups -OCH3 is 1. The van der Waals surface area contributed by atoms with Crippen molar-refractivity contribution in [3.63, 3.8) is 0 Å². The summed E-state index contributed by atoms with van der Waals surface area (Å²) in [5, 5.41) is 5.62. The van der Waals surface area contributed by atoms with E-state index < -0.39 is 0 Å². The number of ether oxygens (including phenoxy) is 1. The number of hydrogen-bond donors (Lipinski definition) is 0. The predicted molar refractivity (Wildman–Crippen MR) is 71.8 cm³/mol. The van der Waals surface area contributed by atoms with Crippen LogP contribution in [-0.4, -0.2) is 16.9 Å². The van der Waals surface area contributed by atoms with Crippen molar-refractivity contribution in [1.29, 1.82) is 0 Å². The van der Waals surface area contributed by atoms with Gasteiger partial charge in [0.05, 0.1) is 24.6 Å². The average molecular weight is 238 g/mol. The van der Waals surface area contributed by atoms with Crippen molar-refractivity contribution in [3.05, 3.63) is 60.2 Å². The predicted octanol–water partition coefficient (Wildman–Crippen LogP) is 3.09. The molecule has 0 aliphatic rings. The molecule has 3 aromatic rings.